The number of fused-ring (bicyclic) bond motifs is 2. The first-order valence-corrected chi connectivity index (χ1v) is 12.3. The van der Waals surface area contributed by atoms with E-state index >= 15 is 0 Å². The van der Waals surface area contributed by atoms with Gasteiger partial charge in [-0.15, -0.1) is 0 Å². The molecule has 31 heavy (non-hydrogen) atoms. The van der Waals surface area contributed by atoms with Gasteiger partial charge in [-0.1, -0.05) is 23.2 Å². The predicted octanol–water partition coefficient (Wildman–Crippen LogP) is 4.82. The van der Waals surface area contributed by atoms with Crippen molar-refractivity contribution in [3.05, 3.63) is 63.3 Å². The summed E-state index contributed by atoms with van der Waals surface area (Å²) in [6.45, 7) is 2.05. The number of Topliss-reactive ketones (excluding diaryl/α,β-unsaturated/α-hetero) is 1. The predicted molar refractivity (Wildman–Crippen MR) is 123 cm³/mol. The number of hydrogen-bond donors (Lipinski definition) is 0. The molecule has 0 saturated heterocycles. The highest BCUT2D eigenvalue weighted by atomic mass is 35.5. The van der Waals surface area contributed by atoms with Crippen LogP contribution in [0.15, 0.2) is 36.4 Å². The molecule has 0 radical (unpaired) electrons. The molecular weight excluding hydrogens is 459 g/mol. The van der Waals surface area contributed by atoms with E-state index in [1.165, 1.54) is 10.6 Å². The van der Waals surface area contributed by atoms with Gasteiger partial charge in [0.15, 0.2) is 18.1 Å². The molecule has 0 saturated carbocycles. The lowest BCUT2D eigenvalue weighted by Crippen LogP contribution is -2.34. The molecule has 0 bridgehead atoms. The number of ketones is 1. The fourth-order valence-electron chi connectivity index (χ4n) is 3.73. The number of aryl methyl sites for hydroxylation is 2. The summed E-state index contributed by atoms with van der Waals surface area (Å²) in [6.07, 6.45) is 2.59. The summed E-state index contributed by atoms with van der Waals surface area (Å²) in [5.41, 5.74) is 3.17. The Morgan fingerprint density at radius 2 is 1.94 bits per heavy atom. The summed E-state index contributed by atoms with van der Waals surface area (Å²) < 4.78 is 31.2. The summed E-state index contributed by atoms with van der Waals surface area (Å²) in [7, 11) is -3.36. The average Bonchev–Trinajstić information content (AvgIpc) is 2.71. The Kier molecular flexibility index (Phi) is 5.85. The Morgan fingerprint density at radius 1 is 1.16 bits per heavy atom. The lowest BCUT2D eigenvalue weighted by atomic mass is 9.99. The molecule has 0 fully saturated rings. The fourth-order valence-corrected chi connectivity index (χ4v) is 5.30. The molecule has 0 aliphatic carbocycles. The number of rotatable bonds is 5. The van der Waals surface area contributed by atoms with E-state index < -0.39 is 10.0 Å². The third kappa shape index (κ3) is 4.35. The van der Waals surface area contributed by atoms with Gasteiger partial charge in [-0.05, 0) is 61.7 Å². The van der Waals surface area contributed by atoms with Crippen molar-refractivity contribution in [2.45, 2.75) is 19.8 Å². The second-order valence-electron chi connectivity index (χ2n) is 7.51. The molecule has 0 atom stereocenters. The lowest BCUT2D eigenvalue weighted by molar-refractivity contribution is 0.0922. The van der Waals surface area contributed by atoms with Crippen LogP contribution in [0, 0.1) is 6.92 Å². The molecule has 9 heteroatoms. The summed E-state index contributed by atoms with van der Waals surface area (Å²) in [4.78, 5) is 17.3. The second-order valence-corrected chi connectivity index (χ2v) is 10.2. The number of carbonyl (C=O) groups excluding carboxylic acids is 1. The van der Waals surface area contributed by atoms with Gasteiger partial charge in [-0.2, -0.15) is 0 Å². The average molecular weight is 479 g/mol. The Morgan fingerprint density at radius 3 is 2.68 bits per heavy atom. The maximum Gasteiger partial charge on any atom is 0.232 e. The minimum atomic E-state index is -3.36. The number of carbonyl (C=O) groups is 1. The zero-order valence-corrected chi connectivity index (χ0v) is 19.3. The van der Waals surface area contributed by atoms with Gasteiger partial charge in [0.05, 0.1) is 22.0 Å². The smallest absolute Gasteiger partial charge is 0.232 e. The highest BCUT2D eigenvalue weighted by Crippen LogP contribution is 2.37. The van der Waals surface area contributed by atoms with Crippen LogP contribution < -0.4 is 9.04 Å². The quantitative estimate of drug-likeness (QED) is 0.491. The summed E-state index contributed by atoms with van der Waals surface area (Å²) in [5, 5.41) is 1.42. The van der Waals surface area contributed by atoms with Gasteiger partial charge in [0.1, 0.15) is 5.52 Å². The topological polar surface area (TPSA) is 76.6 Å². The highest BCUT2D eigenvalue weighted by Gasteiger charge is 2.25. The zero-order chi connectivity index (χ0) is 22.3. The molecule has 4 rings (SSSR count). The van der Waals surface area contributed by atoms with Gasteiger partial charge in [-0.25, -0.2) is 13.4 Å². The first-order chi connectivity index (χ1) is 14.6. The van der Waals surface area contributed by atoms with Crippen molar-refractivity contribution in [3.63, 3.8) is 0 Å². The molecular formula is C22H20Cl2N2O4S. The van der Waals surface area contributed by atoms with Crippen molar-refractivity contribution >= 4 is 55.6 Å². The number of anilines is 1. The van der Waals surface area contributed by atoms with E-state index in [2.05, 4.69) is 4.98 Å². The minimum Gasteiger partial charge on any atom is -0.482 e. The fraction of sp³-hybridized carbons (Fsp3) is 0.273. The molecule has 6 nitrogen and oxygen atoms in total. The molecule has 162 valence electrons. The molecule has 0 amide bonds. The maximum absolute atomic E-state index is 12.8. The van der Waals surface area contributed by atoms with Gasteiger partial charge in [0.2, 0.25) is 10.0 Å². The molecule has 3 aromatic rings. The van der Waals surface area contributed by atoms with Crippen LogP contribution in [-0.2, 0) is 16.4 Å². The largest absolute Gasteiger partial charge is 0.482 e. The first-order valence-electron chi connectivity index (χ1n) is 9.67. The Labute approximate surface area is 190 Å². The Bertz CT molecular complexity index is 1310. The van der Waals surface area contributed by atoms with Crippen LogP contribution in [0.2, 0.25) is 10.0 Å². The Balaban J connectivity index is 1.60. The third-order valence-electron chi connectivity index (χ3n) is 5.20. The number of aromatic nitrogens is 1. The van der Waals surface area contributed by atoms with Crippen LogP contribution in [0.1, 0.15) is 28.0 Å². The van der Waals surface area contributed by atoms with E-state index in [0.717, 1.165) is 11.3 Å². The number of sulfonamides is 1. The number of ether oxygens (including phenoxy) is 1. The van der Waals surface area contributed by atoms with E-state index in [9.17, 15) is 13.2 Å². The van der Waals surface area contributed by atoms with E-state index in [1.54, 1.807) is 24.3 Å². The standard InChI is InChI=1S/C22H20Cl2N2O4S/c1-13-5-7-16-17(23)11-18(24)22(21(16)25-13)30-12-20(27)15-6-8-19-14(10-15)4-3-9-26(19)31(2,28)29/h5-8,10-11H,3-4,9,12H2,1-2H3. The van der Waals surface area contributed by atoms with Crippen molar-refractivity contribution in [2.75, 3.05) is 23.7 Å². The van der Waals surface area contributed by atoms with Crippen LogP contribution in [-0.4, -0.2) is 38.6 Å². The minimum absolute atomic E-state index is 0.235. The van der Waals surface area contributed by atoms with Gasteiger partial charge in [-0.3, -0.25) is 9.10 Å². The summed E-state index contributed by atoms with van der Waals surface area (Å²) >= 11 is 12.6. The lowest BCUT2D eigenvalue weighted by Gasteiger charge is -2.29. The van der Waals surface area contributed by atoms with Crippen molar-refractivity contribution < 1.29 is 17.9 Å². The van der Waals surface area contributed by atoms with Crippen LogP contribution in [0.25, 0.3) is 10.9 Å². The normalized spacial score (nSPS) is 13.9. The number of nitrogens with zero attached hydrogens (tertiary/aromatic N) is 2. The number of benzene rings is 2. The van der Waals surface area contributed by atoms with Gasteiger partial charge < -0.3 is 4.74 Å². The number of halogens is 2. The molecule has 1 aliphatic heterocycles. The van der Waals surface area contributed by atoms with Gasteiger partial charge in [0, 0.05) is 23.2 Å². The van der Waals surface area contributed by atoms with Gasteiger partial charge in [0.25, 0.3) is 0 Å². The van der Waals surface area contributed by atoms with Crippen LogP contribution in [0.3, 0.4) is 0 Å². The molecule has 0 unspecified atom stereocenters. The van der Waals surface area contributed by atoms with E-state index in [4.69, 9.17) is 27.9 Å². The van der Waals surface area contributed by atoms with Crippen LogP contribution >= 0.6 is 23.2 Å². The summed E-state index contributed by atoms with van der Waals surface area (Å²) in [5.74, 6) is 0.0606. The molecule has 1 aromatic heterocycles. The van der Waals surface area contributed by atoms with Crippen molar-refractivity contribution in [2.24, 2.45) is 0 Å². The van der Waals surface area contributed by atoms with Crippen LogP contribution in [0.4, 0.5) is 5.69 Å². The van der Waals surface area contributed by atoms with Crippen molar-refractivity contribution in [3.8, 4) is 5.75 Å². The molecule has 0 spiro atoms. The van der Waals surface area contributed by atoms with Gasteiger partial charge >= 0.3 is 0 Å². The van der Waals surface area contributed by atoms with Crippen LogP contribution in [0.5, 0.6) is 5.75 Å². The SMILES string of the molecule is Cc1ccc2c(Cl)cc(Cl)c(OCC(=O)c3ccc4c(c3)CCCN4S(C)(=O)=O)c2n1. The first kappa shape index (κ1) is 21.9. The highest BCUT2D eigenvalue weighted by molar-refractivity contribution is 7.92. The number of hydrogen-bond acceptors (Lipinski definition) is 5. The van der Waals surface area contributed by atoms with Crippen molar-refractivity contribution in [1.29, 1.82) is 0 Å². The summed E-state index contributed by atoms with van der Waals surface area (Å²) in [6, 6.07) is 10.3. The zero-order valence-electron chi connectivity index (χ0n) is 17.0. The Hall–Kier alpha value is -2.35. The maximum atomic E-state index is 12.8. The molecule has 1 aliphatic rings. The monoisotopic (exact) mass is 478 g/mol. The molecule has 0 N–H and O–H groups in total. The second kappa shape index (κ2) is 8.30. The molecule has 2 heterocycles. The van der Waals surface area contributed by atoms with E-state index in [1.807, 2.05) is 19.1 Å². The van der Waals surface area contributed by atoms with E-state index in [-0.39, 0.29) is 17.4 Å². The molecule has 2 aromatic carbocycles. The number of pyridine rings is 1. The van der Waals surface area contributed by atoms with E-state index in [0.29, 0.717) is 52.3 Å². The van der Waals surface area contributed by atoms with Crippen molar-refractivity contribution in [1.82, 2.24) is 4.98 Å². The third-order valence-corrected chi connectivity index (χ3v) is 6.98.